The van der Waals surface area contributed by atoms with Crippen molar-refractivity contribution >= 4 is 46.7 Å². The van der Waals surface area contributed by atoms with E-state index in [1.165, 1.54) is 11.8 Å². The summed E-state index contributed by atoms with van der Waals surface area (Å²) in [4.78, 5) is 26.6. The molecule has 2 amide bonds. The Bertz CT molecular complexity index is 909. The third-order valence-electron chi connectivity index (χ3n) is 5.04. The van der Waals surface area contributed by atoms with Crippen LogP contribution in [0.15, 0.2) is 35.4 Å². The first-order chi connectivity index (χ1) is 15.0. The number of hydrogen-bond donors (Lipinski definition) is 2. The molecule has 9 heteroatoms. The topological polar surface area (TPSA) is 87.2 Å². The molecule has 0 spiro atoms. The Morgan fingerprint density at radius 2 is 2.10 bits per heavy atom. The highest BCUT2D eigenvalue weighted by Gasteiger charge is 2.26. The molecule has 1 saturated heterocycles. The largest absolute Gasteiger partial charge is 0.356 e. The van der Waals surface area contributed by atoms with Crippen molar-refractivity contribution in [2.45, 2.75) is 38.1 Å². The number of hydrogen-bond acceptors (Lipinski definition) is 6. The number of aromatic nitrogens is 2. The van der Waals surface area contributed by atoms with Crippen molar-refractivity contribution in [1.82, 2.24) is 15.5 Å². The van der Waals surface area contributed by atoms with Crippen LogP contribution >= 0.6 is 23.4 Å². The maximum Gasteiger partial charge on any atom is 0.234 e. The molecule has 1 atom stereocenters. The highest BCUT2D eigenvalue weighted by Crippen LogP contribution is 2.25. The van der Waals surface area contributed by atoms with Crippen molar-refractivity contribution < 1.29 is 9.59 Å². The predicted molar refractivity (Wildman–Crippen MR) is 126 cm³/mol. The molecule has 7 nitrogen and oxygen atoms in total. The summed E-state index contributed by atoms with van der Waals surface area (Å²) in [5, 5.41) is 15.5. The van der Waals surface area contributed by atoms with Gasteiger partial charge in [-0.1, -0.05) is 36.4 Å². The number of halogens is 1. The second-order valence-corrected chi connectivity index (χ2v) is 9.03. The van der Waals surface area contributed by atoms with E-state index in [1.807, 2.05) is 38.1 Å². The van der Waals surface area contributed by atoms with Gasteiger partial charge < -0.3 is 15.5 Å². The Labute approximate surface area is 192 Å². The van der Waals surface area contributed by atoms with Gasteiger partial charge in [0.1, 0.15) is 5.03 Å². The number of amides is 2. The maximum atomic E-state index is 12.3. The predicted octanol–water partition coefficient (Wildman–Crippen LogP) is 3.91. The lowest BCUT2D eigenvalue weighted by molar-refractivity contribution is -0.125. The molecule has 2 heterocycles. The number of aryl methyl sites for hydroxylation is 1. The normalized spacial score (nSPS) is 16.1. The molecule has 2 N–H and O–H groups in total. The summed E-state index contributed by atoms with van der Waals surface area (Å²) in [6.07, 6.45) is 2.78. The second-order valence-electron chi connectivity index (χ2n) is 7.63. The molecule has 0 saturated carbocycles. The molecular formula is C22H28ClN5O2S. The van der Waals surface area contributed by atoms with Crippen LogP contribution in [0, 0.1) is 12.8 Å². The van der Waals surface area contributed by atoms with Crippen molar-refractivity contribution in [3.05, 3.63) is 40.9 Å². The van der Waals surface area contributed by atoms with Crippen LogP contribution in [0.25, 0.3) is 0 Å². The number of carbonyl (C=O) groups is 2. The van der Waals surface area contributed by atoms with Crippen LogP contribution in [0.1, 0.15) is 31.7 Å². The fourth-order valence-electron chi connectivity index (χ4n) is 3.40. The Hall–Kier alpha value is -2.32. The summed E-state index contributed by atoms with van der Waals surface area (Å²) in [5.74, 6) is 0.911. The summed E-state index contributed by atoms with van der Waals surface area (Å²) in [7, 11) is 0. The Kier molecular flexibility index (Phi) is 8.54. The summed E-state index contributed by atoms with van der Waals surface area (Å²) >= 11 is 7.48. The Morgan fingerprint density at radius 1 is 1.26 bits per heavy atom. The SMILES string of the molecule is CCCNC(=O)[C@H]1CCCN(c2ccc(SCC(=O)Nc3ccc(C)cc3Cl)nn2)C1. The average Bonchev–Trinajstić information content (AvgIpc) is 2.78. The number of nitrogens with zero attached hydrogens (tertiary/aromatic N) is 3. The van der Waals surface area contributed by atoms with E-state index < -0.39 is 0 Å². The number of thioether (sulfide) groups is 1. The lowest BCUT2D eigenvalue weighted by Gasteiger charge is -2.32. The molecule has 0 bridgehead atoms. The molecule has 1 aromatic heterocycles. The Balaban J connectivity index is 1.50. The van der Waals surface area contributed by atoms with Crippen LogP contribution in [0.4, 0.5) is 11.5 Å². The van der Waals surface area contributed by atoms with Gasteiger partial charge in [0.25, 0.3) is 0 Å². The first-order valence-corrected chi connectivity index (χ1v) is 11.9. The fourth-order valence-corrected chi connectivity index (χ4v) is 4.29. The van der Waals surface area contributed by atoms with Crippen molar-refractivity contribution in [3.8, 4) is 0 Å². The lowest BCUT2D eigenvalue weighted by atomic mass is 9.97. The van der Waals surface area contributed by atoms with Crippen LogP contribution < -0.4 is 15.5 Å². The number of piperidine rings is 1. The minimum atomic E-state index is -0.154. The van der Waals surface area contributed by atoms with E-state index in [0.717, 1.165) is 37.2 Å². The molecule has 0 radical (unpaired) electrons. The number of carbonyl (C=O) groups excluding carboxylic acids is 2. The van der Waals surface area contributed by atoms with Gasteiger partial charge in [-0.25, -0.2) is 0 Å². The van der Waals surface area contributed by atoms with Crippen LogP contribution in [0.3, 0.4) is 0 Å². The zero-order valence-electron chi connectivity index (χ0n) is 17.9. The van der Waals surface area contributed by atoms with Gasteiger partial charge in [-0.3, -0.25) is 9.59 Å². The van der Waals surface area contributed by atoms with Crippen molar-refractivity contribution in [2.24, 2.45) is 5.92 Å². The molecule has 31 heavy (non-hydrogen) atoms. The van der Waals surface area contributed by atoms with E-state index in [9.17, 15) is 9.59 Å². The van der Waals surface area contributed by atoms with Gasteiger partial charge in [0.05, 0.1) is 22.4 Å². The molecule has 1 aromatic carbocycles. The first kappa shape index (κ1) is 23.3. The average molecular weight is 462 g/mol. The van der Waals surface area contributed by atoms with E-state index in [0.29, 0.717) is 28.8 Å². The van der Waals surface area contributed by atoms with E-state index in [-0.39, 0.29) is 23.5 Å². The van der Waals surface area contributed by atoms with Crippen molar-refractivity contribution in [3.63, 3.8) is 0 Å². The van der Waals surface area contributed by atoms with Gasteiger partial charge in [0.2, 0.25) is 11.8 Å². The highest BCUT2D eigenvalue weighted by atomic mass is 35.5. The van der Waals surface area contributed by atoms with Gasteiger partial charge in [-0.2, -0.15) is 0 Å². The molecular weight excluding hydrogens is 434 g/mol. The van der Waals surface area contributed by atoms with E-state index in [4.69, 9.17) is 11.6 Å². The molecule has 166 valence electrons. The summed E-state index contributed by atoms with van der Waals surface area (Å²) in [6, 6.07) is 9.27. The Morgan fingerprint density at radius 3 is 2.81 bits per heavy atom. The van der Waals surface area contributed by atoms with Gasteiger partial charge in [-0.15, -0.1) is 10.2 Å². The monoisotopic (exact) mass is 461 g/mol. The molecule has 1 fully saturated rings. The molecule has 2 aromatic rings. The molecule has 1 aliphatic rings. The third kappa shape index (κ3) is 6.83. The number of rotatable bonds is 8. The number of anilines is 2. The minimum absolute atomic E-state index is 0.0200. The van der Waals surface area contributed by atoms with Gasteiger partial charge >= 0.3 is 0 Å². The summed E-state index contributed by atoms with van der Waals surface area (Å²) in [6.45, 7) is 6.21. The molecule has 0 aliphatic carbocycles. The standard InChI is InChI=1S/C22H28ClN5O2S/c1-3-10-24-22(30)16-5-4-11-28(13-16)19-8-9-21(27-26-19)31-14-20(29)25-18-7-6-15(2)12-17(18)23/h6-9,12,16H,3-5,10-11,13-14H2,1-2H3,(H,24,30)(H,25,29)/t16-/m0/s1. The zero-order chi connectivity index (χ0) is 22.2. The second kappa shape index (κ2) is 11.3. The van der Waals surface area contributed by atoms with Crippen molar-refractivity contribution in [1.29, 1.82) is 0 Å². The van der Waals surface area contributed by atoms with E-state index in [2.05, 4.69) is 25.7 Å². The van der Waals surface area contributed by atoms with Crippen molar-refractivity contribution in [2.75, 3.05) is 35.6 Å². The van der Waals surface area contributed by atoms with Crippen LogP contribution in [0.5, 0.6) is 0 Å². The van der Waals surface area contributed by atoms with E-state index in [1.54, 1.807) is 6.07 Å². The third-order valence-corrected chi connectivity index (χ3v) is 6.27. The molecule has 3 rings (SSSR count). The zero-order valence-corrected chi connectivity index (χ0v) is 19.4. The first-order valence-electron chi connectivity index (χ1n) is 10.5. The molecule has 1 aliphatic heterocycles. The summed E-state index contributed by atoms with van der Waals surface area (Å²) < 4.78 is 0. The van der Waals surface area contributed by atoms with Crippen LogP contribution in [0.2, 0.25) is 5.02 Å². The van der Waals surface area contributed by atoms with Crippen LogP contribution in [-0.2, 0) is 9.59 Å². The molecule has 0 unspecified atom stereocenters. The van der Waals surface area contributed by atoms with Gasteiger partial charge in [0.15, 0.2) is 5.82 Å². The van der Waals surface area contributed by atoms with Gasteiger partial charge in [0, 0.05) is 19.6 Å². The smallest absolute Gasteiger partial charge is 0.234 e. The summed E-state index contributed by atoms with van der Waals surface area (Å²) in [5.41, 5.74) is 1.64. The van der Waals surface area contributed by atoms with Crippen LogP contribution in [-0.4, -0.2) is 47.4 Å². The lowest BCUT2D eigenvalue weighted by Crippen LogP contribution is -2.43. The fraction of sp³-hybridized carbons (Fsp3) is 0.455. The van der Waals surface area contributed by atoms with E-state index >= 15 is 0 Å². The number of benzene rings is 1. The number of nitrogens with one attached hydrogen (secondary N) is 2. The van der Waals surface area contributed by atoms with Gasteiger partial charge in [-0.05, 0) is 56.0 Å². The minimum Gasteiger partial charge on any atom is -0.356 e. The highest BCUT2D eigenvalue weighted by molar-refractivity contribution is 7.99. The maximum absolute atomic E-state index is 12.3. The quantitative estimate of drug-likeness (QED) is 0.579.